The molecular weight excluding hydrogens is 394 g/mol. The number of aryl methyl sites for hydroxylation is 4. The molecule has 5 rings (SSSR count). The Labute approximate surface area is 179 Å². The summed E-state index contributed by atoms with van der Waals surface area (Å²) in [5.74, 6) is 0.826. The van der Waals surface area contributed by atoms with Crippen LogP contribution in [0, 0.1) is 13.8 Å². The molecule has 30 heavy (non-hydrogen) atoms. The Hall–Kier alpha value is -3.19. The van der Waals surface area contributed by atoms with Crippen molar-refractivity contribution < 1.29 is 4.79 Å². The summed E-state index contributed by atoms with van der Waals surface area (Å²) in [5, 5.41) is 5.07. The zero-order chi connectivity index (χ0) is 20.7. The first-order chi connectivity index (χ1) is 14.6. The van der Waals surface area contributed by atoms with E-state index in [-0.39, 0.29) is 11.7 Å². The van der Waals surface area contributed by atoms with Crippen molar-refractivity contribution in [3.63, 3.8) is 0 Å². The molecule has 0 fully saturated rings. The molecule has 0 unspecified atom stereocenters. The maximum Gasteiger partial charge on any atom is 0.253 e. The Kier molecular flexibility index (Phi) is 4.75. The van der Waals surface area contributed by atoms with Gasteiger partial charge in [-0.05, 0) is 56.0 Å². The van der Waals surface area contributed by atoms with Crippen LogP contribution in [-0.2, 0) is 17.6 Å². The van der Waals surface area contributed by atoms with Crippen LogP contribution in [0.25, 0.3) is 5.78 Å². The lowest BCUT2D eigenvalue weighted by atomic mass is 10.0. The molecule has 0 N–H and O–H groups in total. The summed E-state index contributed by atoms with van der Waals surface area (Å²) >= 11 is 1.34. The van der Waals surface area contributed by atoms with Crippen LogP contribution in [0.15, 0.2) is 59.8 Å². The maximum absolute atomic E-state index is 13.4. The van der Waals surface area contributed by atoms with Gasteiger partial charge in [0, 0.05) is 11.4 Å². The number of hydrogen-bond donors (Lipinski definition) is 0. The fourth-order valence-corrected chi connectivity index (χ4v) is 4.62. The van der Waals surface area contributed by atoms with E-state index in [0.29, 0.717) is 10.9 Å². The minimum absolute atomic E-state index is 0.0153. The lowest BCUT2D eigenvalue weighted by Crippen LogP contribution is -2.28. The van der Waals surface area contributed by atoms with Gasteiger partial charge < -0.3 is 0 Å². The molecule has 1 aliphatic heterocycles. The Balaban J connectivity index is 1.46. The van der Waals surface area contributed by atoms with E-state index in [1.54, 1.807) is 4.52 Å². The molecule has 2 aromatic heterocycles. The molecule has 1 amide bonds. The van der Waals surface area contributed by atoms with Gasteiger partial charge in [-0.2, -0.15) is 4.98 Å². The Morgan fingerprint density at radius 2 is 1.60 bits per heavy atom. The van der Waals surface area contributed by atoms with E-state index in [9.17, 15) is 4.79 Å². The Bertz CT molecular complexity index is 1220. The molecule has 0 radical (unpaired) electrons. The highest BCUT2D eigenvalue weighted by molar-refractivity contribution is 7.99. The number of carbonyl (C=O) groups is 1. The maximum atomic E-state index is 13.4. The largest absolute Gasteiger partial charge is 0.280 e. The first-order valence-corrected chi connectivity index (χ1v) is 10.9. The summed E-state index contributed by atoms with van der Waals surface area (Å²) in [6, 6.07) is 18.3. The topological polar surface area (TPSA) is 63.4 Å². The second kappa shape index (κ2) is 7.57. The van der Waals surface area contributed by atoms with Gasteiger partial charge in [-0.15, -0.1) is 5.10 Å². The minimum Gasteiger partial charge on any atom is -0.280 e. The van der Waals surface area contributed by atoms with E-state index >= 15 is 0 Å². The molecule has 0 bridgehead atoms. The molecule has 3 heterocycles. The lowest BCUT2D eigenvalue weighted by Gasteiger charge is -2.24. The molecule has 0 spiro atoms. The number of para-hydroxylation sites is 2. The first kappa shape index (κ1) is 18.8. The molecule has 4 aromatic rings. The third-order valence-electron chi connectivity index (χ3n) is 5.30. The van der Waals surface area contributed by atoms with Crippen molar-refractivity contribution in [2.24, 2.45) is 0 Å². The van der Waals surface area contributed by atoms with Gasteiger partial charge in [-0.3, -0.25) is 9.69 Å². The zero-order valence-corrected chi connectivity index (χ0v) is 17.7. The molecule has 2 aromatic carbocycles. The fraction of sp³-hybridized carbons (Fsp3) is 0.217. The number of thioether (sulfide) groups is 1. The van der Waals surface area contributed by atoms with E-state index < -0.39 is 0 Å². The van der Waals surface area contributed by atoms with Gasteiger partial charge in [0.05, 0.1) is 17.1 Å². The summed E-state index contributed by atoms with van der Waals surface area (Å²) in [4.78, 5) is 24.2. The molecule has 6 nitrogen and oxygen atoms in total. The van der Waals surface area contributed by atoms with E-state index in [4.69, 9.17) is 0 Å². The SMILES string of the molecule is Cc1cc(C)n2nc(SCC(=O)N3c4ccccc4CCc4ccccc43)nc2n1. The van der Waals surface area contributed by atoms with Gasteiger partial charge in [-0.1, -0.05) is 48.2 Å². The summed E-state index contributed by atoms with van der Waals surface area (Å²) < 4.78 is 1.72. The number of carbonyl (C=O) groups excluding carboxylic acids is 1. The van der Waals surface area contributed by atoms with Gasteiger partial charge in [0.25, 0.3) is 5.78 Å². The van der Waals surface area contributed by atoms with Crippen LogP contribution in [0.4, 0.5) is 11.4 Å². The monoisotopic (exact) mass is 415 g/mol. The van der Waals surface area contributed by atoms with Crippen LogP contribution in [-0.4, -0.2) is 31.2 Å². The van der Waals surface area contributed by atoms with Crippen LogP contribution >= 0.6 is 11.8 Å². The first-order valence-electron chi connectivity index (χ1n) is 9.93. The number of hydrogen-bond acceptors (Lipinski definition) is 5. The number of benzene rings is 2. The van der Waals surface area contributed by atoms with Crippen molar-refractivity contribution in [1.29, 1.82) is 0 Å². The van der Waals surface area contributed by atoms with Gasteiger partial charge in [-0.25, -0.2) is 9.50 Å². The Morgan fingerprint density at radius 1 is 0.967 bits per heavy atom. The van der Waals surface area contributed by atoms with Crippen LogP contribution in [0.3, 0.4) is 0 Å². The average molecular weight is 416 g/mol. The van der Waals surface area contributed by atoms with Crippen molar-refractivity contribution in [3.8, 4) is 0 Å². The third kappa shape index (κ3) is 3.35. The number of fused-ring (bicyclic) bond motifs is 3. The normalized spacial score (nSPS) is 13.1. The highest BCUT2D eigenvalue weighted by Gasteiger charge is 2.25. The van der Waals surface area contributed by atoms with Gasteiger partial charge >= 0.3 is 0 Å². The molecule has 7 heteroatoms. The molecule has 1 aliphatic rings. The number of nitrogens with zero attached hydrogens (tertiary/aromatic N) is 5. The molecule has 150 valence electrons. The highest BCUT2D eigenvalue weighted by atomic mass is 32.2. The van der Waals surface area contributed by atoms with Crippen molar-refractivity contribution in [3.05, 3.63) is 77.1 Å². The van der Waals surface area contributed by atoms with Crippen LogP contribution in [0.5, 0.6) is 0 Å². The van der Waals surface area contributed by atoms with Crippen molar-refractivity contribution in [1.82, 2.24) is 19.6 Å². The van der Waals surface area contributed by atoms with Gasteiger partial charge in [0.2, 0.25) is 11.1 Å². The minimum atomic E-state index is 0.0153. The van der Waals surface area contributed by atoms with Gasteiger partial charge in [0.15, 0.2) is 0 Å². The Morgan fingerprint density at radius 3 is 2.27 bits per heavy atom. The predicted molar refractivity (Wildman–Crippen MR) is 118 cm³/mol. The number of aromatic nitrogens is 4. The molecule has 0 atom stereocenters. The predicted octanol–water partition coefficient (Wildman–Crippen LogP) is 4.30. The van der Waals surface area contributed by atoms with E-state index in [0.717, 1.165) is 35.6 Å². The third-order valence-corrected chi connectivity index (χ3v) is 6.12. The average Bonchev–Trinajstić information content (AvgIpc) is 3.07. The second-order valence-electron chi connectivity index (χ2n) is 7.42. The zero-order valence-electron chi connectivity index (χ0n) is 16.9. The second-order valence-corrected chi connectivity index (χ2v) is 8.36. The van der Waals surface area contributed by atoms with Crippen LogP contribution < -0.4 is 4.90 Å². The summed E-state index contributed by atoms with van der Waals surface area (Å²) in [5.41, 5.74) is 6.17. The quantitative estimate of drug-likeness (QED) is 0.467. The lowest BCUT2D eigenvalue weighted by molar-refractivity contribution is -0.115. The van der Waals surface area contributed by atoms with Crippen molar-refractivity contribution in [2.45, 2.75) is 31.8 Å². The van der Waals surface area contributed by atoms with Crippen molar-refractivity contribution >= 4 is 34.8 Å². The van der Waals surface area contributed by atoms with Crippen molar-refractivity contribution in [2.75, 3.05) is 10.7 Å². The molecule has 0 saturated carbocycles. The highest BCUT2D eigenvalue weighted by Crippen LogP contribution is 2.36. The standard InChI is InChI=1S/C23H21N5OS/c1-15-13-16(2)28-22(24-15)25-23(26-28)30-14-21(29)27-19-9-5-3-7-17(19)11-12-18-8-4-6-10-20(18)27/h3-10,13H,11-12,14H2,1-2H3. The smallest absolute Gasteiger partial charge is 0.253 e. The van der Waals surface area contributed by atoms with E-state index in [1.807, 2.05) is 61.2 Å². The number of rotatable bonds is 3. The molecular formula is C23H21N5OS. The van der Waals surface area contributed by atoms with E-state index in [1.165, 1.54) is 22.9 Å². The van der Waals surface area contributed by atoms with E-state index in [2.05, 4.69) is 27.2 Å². The van der Waals surface area contributed by atoms with Crippen LogP contribution in [0.1, 0.15) is 22.5 Å². The number of amides is 1. The summed E-state index contributed by atoms with van der Waals surface area (Å²) in [6.45, 7) is 3.91. The summed E-state index contributed by atoms with van der Waals surface area (Å²) in [7, 11) is 0. The summed E-state index contributed by atoms with van der Waals surface area (Å²) in [6.07, 6.45) is 1.84. The molecule has 0 saturated heterocycles. The fourth-order valence-electron chi connectivity index (χ4n) is 3.95. The molecule has 0 aliphatic carbocycles. The number of anilines is 2. The van der Waals surface area contributed by atoms with Crippen LogP contribution in [0.2, 0.25) is 0 Å². The van der Waals surface area contributed by atoms with Gasteiger partial charge in [0.1, 0.15) is 0 Å².